The molecule has 0 saturated heterocycles. The van der Waals surface area contributed by atoms with Gasteiger partial charge in [-0.25, -0.2) is 0 Å². The molecular formula is C23H17ClN2O3. The van der Waals surface area contributed by atoms with E-state index >= 15 is 0 Å². The highest BCUT2D eigenvalue weighted by atomic mass is 35.5. The number of hydrogen-bond acceptors (Lipinski definition) is 5. The highest BCUT2D eigenvalue weighted by molar-refractivity contribution is 6.30. The number of nitriles is 1. The number of benzene rings is 3. The van der Waals surface area contributed by atoms with Crippen LogP contribution >= 0.6 is 11.6 Å². The first kappa shape index (κ1) is 18.7. The van der Waals surface area contributed by atoms with Crippen LogP contribution in [0.2, 0.25) is 5.02 Å². The second kappa shape index (κ2) is 7.78. The van der Waals surface area contributed by atoms with Crippen LogP contribution in [0, 0.1) is 11.3 Å². The zero-order valence-corrected chi connectivity index (χ0v) is 16.1. The van der Waals surface area contributed by atoms with Gasteiger partial charge in [-0.1, -0.05) is 48.0 Å². The largest absolute Gasteiger partial charge is 0.508 e. The molecule has 1 atom stereocenters. The standard InChI is InChI=1S/C23H17ClN2O3/c24-15-7-5-14(6-8-15)13-28-20-4-2-1-3-17(20)22-18-10-9-16(27)11-21(18)29-23(26)19(22)12-25/h1-11,22,27H,13,26H2. The number of phenolic OH excluding ortho intramolecular Hbond substituents is 1. The topological polar surface area (TPSA) is 88.5 Å². The summed E-state index contributed by atoms with van der Waals surface area (Å²) < 4.78 is 11.6. The fraction of sp³-hybridized carbons (Fsp3) is 0.0870. The van der Waals surface area contributed by atoms with Crippen LogP contribution in [-0.4, -0.2) is 5.11 Å². The summed E-state index contributed by atoms with van der Waals surface area (Å²) >= 11 is 5.94. The molecule has 0 spiro atoms. The van der Waals surface area contributed by atoms with E-state index in [1.54, 1.807) is 12.1 Å². The molecule has 29 heavy (non-hydrogen) atoms. The Balaban J connectivity index is 1.74. The molecule has 0 amide bonds. The van der Waals surface area contributed by atoms with E-state index < -0.39 is 5.92 Å². The lowest BCUT2D eigenvalue weighted by molar-refractivity contribution is 0.301. The Bertz CT molecular complexity index is 1130. The number of fused-ring (bicyclic) bond motifs is 1. The molecule has 144 valence electrons. The third-order valence-corrected chi connectivity index (χ3v) is 4.99. The normalized spacial score (nSPS) is 15.2. The van der Waals surface area contributed by atoms with Gasteiger partial charge in [0.15, 0.2) is 0 Å². The van der Waals surface area contributed by atoms with Crippen LogP contribution < -0.4 is 15.2 Å². The van der Waals surface area contributed by atoms with E-state index in [2.05, 4.69) is 6.07 Å². The summed E-state index contributed by atoms with van der Waals surface area (Å²) in [6, 6.07) is 21.9. The van der Waals surface area contributed by atoms with Crippen LogP contribution in [0.25, 0.3) is 0 Å². The summed E-state index contributed by atoms with van der Waals surface area (Å²) in [6.45, 7) is 0.348. The monoisotopic (exact) mass is 404 g/mol. The summed E-state index contributed by atoms with van der Waals surface area (Å²) in [7, 11) is 0. The van der Waals surface area contributed by atoms with Crippen LogP contribution in [0.5, 0.6) is 17.2 Å². The van der Waals surface area contributed by atoms with Crippen molar-refractivity contribution in [3.05, 3.63) is 99.9 Å². The first-order valence-corrected chi connectivity index (χ1v) is 9.31. The minimum atomic E-state index is -0.467. The lowest BCUT2D eigenvalue weighted by Crippen LogP contribution is -2.21. The minimum Gasteiger partial charge on any atom is -0.508 e. The number of para-hydroxylation sites is 1. The Morgan fingerprint density at radius 3 is 2.59 bits per heavy atom. The number of halogens is 1. The summed E-state index contributed by atoms with van der Waals surface area (Å²) in [5.74, 6) is 0.657. The van der Waals surface area contributed by atoms with Gasteiger partial charge in [0, 0.05) is 22.2 Å². The van der Waals surface area contributed by atoms with Crippen molar-refractivity contribution in [2.45, 2.75) is 12.5 Å². The van der Waals surface area contributed by atoms with Crippen LogP contribution in [0.3, 0.4) is 0 Å². The molecule has 0 saturated carbocycles. The van der Waals surface area contributed by atoms with Crippen LogP contribution in [0.4, 0.5) is 0 Å². The van der Waals surface area contributed by atoms with Crippen molar-refractivity contribution in [1.29, 1.82) is 5.26 Å². The molecule has 1 aliphatic heterocycles. The van der Waals surface area contributed by atoms with Crippen molar-refractivity contribution in [1.82, 2.24) is 0 Å². The molecule has 0 aliphatic carbocycles. The number of aromatic hydroxyl groups is 1. The molecule has 4 rings (SSSR count). The smallest absolute Gasteiger partial charge is 0.205 e. The Morgan fingerprint density at radius 2 is 1.83 bits per heavy atom. The molecule has 1 unspecified atom stereocenters. The molecule has 5 nitrogen and oxygen atoms in total. The van der Waals surface area contributed by atoms with Gasteiger partial charge >= 0.3 is 0 Å². The van der Waals surface area contributed by atoms with Crippen molar-refractivity contribution in [3.63, 3.8) is 0 Å². The minimum absolute atomic E-state index is 0.0168. The van der Waals surface area contributed by atoms with E-state index in [1.165, 1.54) is 6.07 Å². The first-order valence-electron chi connectivity index (χ1n) is 8.93. The molecule has 0 aromatic heterocycles. The van der Waals surface area contributed by atoms with Crippen molar-refractivity contribution in [2.24, 2.45) is 5.73 Å². The molecule has 1 aliphatic rings. The predicted molar refractivity (Wildman–Crippen MR) is 110 cm³/mol. The summed E-state index contributed by atoms with van der Waals surface area (Å²) in [6.07, 6.45) is 0. The van der Waals surface area contributed by atoms with E-state index in [9.17, 15) is 10.4 Å². The number of nitrogens with zero attached hydrogens (tertiary/aromatic N) is 1. The molecule has 3 aromatic rings. The fourth-order valence-electron chi connectivity index (χ4n) is 3.36. The number of phenols is 1. The van der Waals surface area contributed by atoms with Gasteiger partial charge in [0.25, 0.3) is 0 Å². The number of allylic oxidation sites excluding steroid dienone is 1. The predicted octanol–water partition coefficient (Wildman–Crippen LogP) is 4.84. The Labute approximate surface area is 173 Å². The molecular weight excluding hydrogens is 388 g/mol. The highest BCUT2D eigenvalue weighted by Crippen LogP contribution is 2.45. The molecule has 3 N–H and O–H groups in total. The van der Waals surface area contributed by atoms with E-state index in [1.807, 2.05) is 48.5 Å². The number of ether oxygens (including phenoxy) is 2. The van der Waals surface area contributed by atoms with Gasteiger partial charge in [-0.2, -0.15) is 5.26 Å². The van der Waals surface area contributed by atoms with Crippen molar-refractivity contribution < 1.29 is 14.6 Å². The van der Waals surface area contributed by atoms with Gasteiger partial charge in [-0.05, 0) is 29.8 Å². The van der Waals surface area contributed by atoms with Gasteiger partial charge in [0.1, 0.15) is 35.5 Å². The van der Waals surface area contributed by atoms with Crippen molar-refractivity contribution in [2.75, 3.05) is 0 Å². The zero-order chi connectivity index (χ0) is 20.4. The molecule has 0 bridgehead atoms. The van der Waals surface area contributed by atoms with Gasteiger partial charge in [-0.15, -0.1) is 0 Å². The van der Waals surface area contributed by atoms with Crippen LogP contribution in [0.1, 0.15) is 22.6 Å². The summed E-state index contributed by atoms with van der Waals surface area (Å²) in [5, 5.41) is 20.2. The zero-order valence-electron chi connectivity index (χ0n) is 15.3. The molecule has 6 heteroatoms. The average molecular weight is 405 g/mol. The second-order valence-electron chi connectivity index (χ2n) is 6.60. The van der Waals surface area contributed by atoms with Gasteiger partial charge in [0.2, 0.25) is 5.88 Å². The molecule has 1 heterocycles. The van der Waals surface area contributed by atoms with Gasteiger partial charge in [-0.3, -0.25) is 0 Å². The Hall–Kier alpha value is -3.62. The highest BCUT2D eigenvalue weighted by Gasteiger charge is 2.32. The van der Waals surface area contributed by atoms with Crippen LogP contribution in [-0.2, 0) is 6.61 Å². The summed E-state index contributed by atoms with van der Waals surface area (Å²) in [4.78, 5) is 0. The molecule has 0 fully saturated rings. The van der Waals surface area contributed by atoms with Crippen molar-refractivity contribution >= 4 is 11.6 Å². The number of nitrogens with two attached hydrogens (primary N) is 1. The fourth-order valence-corrected chi connectivity index (χ4v) is 3.48. The maximum absolute atomic E-state index is 9.80. The van der Waals surface area contributed by atoms with E-state index in [-0.39, 0.29) is 11.6 Å². The third-order valence-electron chi connectivity index (χ3n) is 4.74. The van der Waals surface area contributed by atoms with E-state index in [4.69, 9.17) is 26.8 Å². The second-order valence-corrected chi connectivity index (χ2v) is 7.04. The van der Waals surface area contributed by atoms with E-state index in [0.29, 0.717) is 28.7 Å². The third kappa shape index (κ3) is 3.71. The van der Waals surface area contributed by atoms with Crippen molar-refractivity contribution in [3.8, 4) is 23.3 Å². The maximum Gasteiger partial charge on any atom is 0.205 e. The maximum atomic E-state index is 9.80. The average Bonchev–Trinajstić information content (AvgIpc) is 2.72. The number of rotatable bonds is 4. The first-order chi connectivity index (χ1) is 14.1. The Morgan fingerprint density at radius 1 is 1.07 bits per heavy atom. The quantitative estimate of drug-likeness (QED) is 0.649. The van der Waals surface area contributed by atoms with Crippen LogP contribution in [0.15, 0.2) is 78.2 Å². The van der Waals surface area contributed by atoms with E-state index in [0.717, 1.165) is 16.7 Å². The van der Waals surface area contributed by atoms with Gasteiger partial charge in [0.05, 0.1) is 5.92 Å². The lowest BCUT2D eigenvalue weighted by atomic mass is 9.83. The number of hydrogen-bond donors (Lipinski definition) is 2. The summed E-state index contributed by atoms with van der Waals surface area (Å²) in [5.41, 5.74) is 8.80. The lowest BCUT2D eigenvalue weighted by Gasteiger charge is -2.27. The Kier molecular flexibility index (Phi) is 5.03. The molecule has 0 radical (unpaired) electrons. The SMILES string of the molecule is N#CC1=C(N)Oc2cc(O)ccc2C1c1ccccc1OCc1ccc(Cl)cc1. The van der Waals surface area contributed by atoms with Gasteiger partial charge < -0.3 is 20.3 Å². The molecule has 3 aromatic carbocycles.